The molecule has 0 heterocycles. The molecule has 2 unspecified atom stereocenters. The van der Waals surface area contributed by atoms with Crippen molar-refractivity contribution in [1.82, 2.24) is 4.90 Å². The van der Waals surface area contributed by atoms with E-state index in [1.807, 2.05) is 19.0 Å². The molecule has 6 N–H and O–H groups in total. The van der Waals surface area contributed by atoms with Crippen molar-refractivity contribution in [2.24, 2.45) is 5.73 Å². The summed E-state index contributed by atoms with van der Waals surface area (Å²) in [5.41, 5.74) is 4.87. The fourth-order valence-corrected chi connectivity index (χ4v) is 0.554. The second-order valence-electron chi connectivity index (χ2n) is 3.17. The van der Waals surface area contributed by atoms with Gasteiger partial charge in [-0.3, -0.25) is 0 Å². The largest absolute Gasteiger partial charge is 0.394 e. The Kier molecular flexibility index (Phi) is 12.5. The standard InChI is InChI=1S/C5H13NO2.C3H9NO2/c1-6(2)3-5(8)4-7;4-1-3(6)2-5/h5,7-8H,3-4H2,1-2H3;3,5-6H,1-2,4H2. The molecule has 88 valence electrons. The van der Waals surface area contributed by atoms with Gasteiger partial charge >= 0.3 is 0 Å². The van der Waals surface area contributed by atoms with Gasteiger partial charge in [0, 0.05) is 13.1 Å². The van der Waals surface area contributed by atoms with Gasteiger partial charge in [0.25, 0.3) is 0 Å². The van der Waals surface area contributed by atoms with Crippen LogP contribution in [0.4, 0.5) is 0 Å². The molecule has 0 fully saturated rings. The van der Waals surface area contributed by atoms with Crippen molar-refractivity contribution in [1.29, 1.82) is 0 Å². The van der Waals surface area contributed by atoms with Crippen LogP contribution in [0.15, 0.2) is 0 Å². The summed E-state index contributed by atoms with van der Waals surface area (Å²) in [7, 11) is 3.69. The van der Waals surface area contributed by atoms with E-state index in [-0.39, 0.29) is 19.8 Å². The van der Waals surface area contributed by atoms with Gasteiger partial charge in [0.15, 0.2) is 0 Å². The van der Waals surface area contributed by atoms with Gasteiger partial charge in [0.2, 0.25) is 0 Å². The molecule has 0 aliphatic heterocycles. The Hall–Kier alpha value is -0.240. The van der Waals surface area contributed by atoms with Crippen molar-refractivity contribution < 1.29 is 20.4 Å². The van der Waals surface area contributed by atoms with Gasteiger partial charge in [0.1, 0.15) is 0 Å². The molecule has 0 saturated heterocycles. The first-order valence-electron chi connectivity index (χ1n) is 4.40. The van der Waals surface area contributed by atoms with Crippen molar-refractivity contribution in [3.63, 3.8) is 0 Å². The number of aliphatic hydroxyl groups is 4. The first-order chi connectivity index (χ1) is 6.47. The molecule has 0 aromatic heterocycles. The van der Waals surface area contributed by atoms with Crippen molar-refractivity contribution in [2.45, 2.75) is 12.2 Å². The van der Waals surface area contributed by atoms with Crippen LogP contribution in [0.25, 0.3) is 0 Å². The highest BCUT2D eigenvalue weighted by molar-refractivity contribution is 4.54. The lowest BCUT2D eigenvalue weighted by atomic mass is 10.4. The summed E-state index contributed by atoms with van der Waals surface area (Å²) in [5.74, 6) is 0. The number of aliphatic hydroxyl groups excluding tert-OH is 4. The molecule has 14 heavy (non-hydrogen) atoms. The van der Waals surface area contributed by atoms with Crippen LogP contribution in [0.3, 0.4) is 0 Å². The SMILES string of the molecule is CN(C)CC(O)CO.NCC(O)CO. The number of likely N-dealkylation sites (N-methyl/N-ethyl adjacent to an activating group) is 1. The average molecular weight is 210 g/mol. The van der Waals surface area contributed by atoms with Crippen molar-refractivity contribution in [2.75, 3.05) is 40.4 Å². The average Bonchev–Trinajstić information content (AvgIpc) is 2.16. The third-order valence-corrected chi connectivity index (χ3v) is 1.27. The van der Waals surface area contributed by atoms with Gasteiger partial charge in [-0.1, -0.05) is 0 Å². The molecule has 0 aromatic carbocycles. The van der Waals surface area contributed by atoms with Crippen LogP contribution in [-0.4, -0.2) is 77.9 Å². The van der Waals surface area contributed by atoms with Gasteiger partial charge in [-0.2, -0.15) is 0 Å². The smallest absolute Gasteiger partial charge is 0.0897 e. The van der Waals surface area contributed by atoms with E-state index in [1.165, 1.54) is 0 Å². The van der Waals surface area contributed by atoms with E-state index in [1.54, 1.807) is 0 Å². The fourth-order valence-electron chi connectivity index (χ4n) is 0.554. The van der Waals surface area contributed by atoms with Gasteiger partial charge in [0.05, 0.1) is 25.4 Å². The summed E-state index contributed by atoms with van der Waals surface area (Å²) < 4.78 is 0. The zero-order chi connectivity index (χ0) is 11.6. The zero-order valence-corrected chi connectivity index (χ0v) is 8.80. The predicted octanol–water partition coefficient (Wildman–Crippen LogP) is -2.80. The molecule has 0 rings (SSSR count). The van der Waals surface area contributed by atoms with E-state index >= 15 is 0 Å². The Morgan fingerprint density at radius 3 is 1.57 bits per heavy atom. The molecule has 0 bridgehead atoms. The predicted molar refractivity (Wildman–Crippen MR) is 53.8 cm³/mol. The molecular weight excluding hydrogens is 188 g/mol. The van der Waals surface area contributed by atoms with Crippen LogP contribution < -0.4 is 5.73 Å². The minimum absolute atomic E-state index is 0.135. The number of nitrogens with zero attached hydrogens (tertiary/aromatic N) is 1. The van der Waals surface area contributed by atoms with E-state index in [9.17, 15) is 0 Å². The minimum atomic E-state index is -0.731. The second-order valence-corrected chi connectivity index (χ2v) is 3.17. The molecule has 2 atom stereocenters. The lowest BCUT2D eigenvalue weighted by Gasteiger charge is -2.12. The third kappa shape index (κ3) is 14.3. The highest BCUT2D eigenvalue weighted by atomic mass is 16.3. The van der Waals surface area contributed by atoms with Crippen LogP contribution in [0.5, 0.6) is 0 Å². The lowest BCUT2D eigenvalue weighted by molar-refractivity contribution is 0.0728. The van der Waals surface area contributed by atoms with Gasteiger partial charge in [-0.25, -0.2) is 0 Å². The molecule has 6 nitrogen and oxygen atoms in total. The Morgan fingerprint density at radius 2 is 1.50 bits per heavy atom. The van der Waals surface area contributed by atoms with E-state index in [0.717, 1.165) is 0 Å². The molecule has 6 heteroatoms. The summed E-state index contributed by atoms with van der Waals surface area (Å²) >= 11 is 0. The molecule has 0 saturated carbocycles. The maximum Gasteiger partial charge on any atom is 0.0897 e. The monoisotopic (exact) mass is 210 g/mol. The van der Waals surface area contributed by atoms with Crippen LogP contribution in [0.1, 0.15) is 0 Å². The van der Waals surface area contributed by atoms with Gasteiger partial charge in [-0.05, 0) is 14.1 Å². The number of rotatable bonds is 5. The molecule has 0 spiro atoms. The molecule has 0 radical (unpaired) electrons. The van der Waals surface area contributed by atoms with Crippen LogP contribution in [0.2, 0.25) is 0 Å². The van der Waals surface area contributed by atoms with E-state index in [2.05, 4.69) is 0 Å². The van der Waals surface area contributed by atoms with E-state index in [0.29, 0.717) is 6.54 Å². The van der Waals surface area contributed by atoms with Crippen LogP contribution in [0, 0.1) is 0 Å². The maximum absolute atomic E-state index is 8.74. The van der Waals surface area contributed by atoms with Gasteiger partial charge < -0.3 is 31.1 Å². The zero-order valence-electron chi connectivity index (χ0n) is 8.80. The Bertz CT molecular complexity index is 110. The van der Waals surface area contributed by atoms with Crippen LogP contribution in [-0.2, 0) is 0 Å². The molecular formula is C8H22N2O4. The normalized spacial score (nSPS) is 14.6. The summed E-state index contributed by atoms with van der Waals surface area (Å²) in [5, 5.41) is 33.3. The maximum atomic E-state index is 8.74. The Balaban J connectivity index is 0. The molecule has 0 aliphatic carbocycles. The van der Waals surface area contributed by atoms with Crippen LogP contribution >= 0.6 is 0 Å². The lowest BCUT2D eigenvalue weighted by Crippen LogP contribution is -2.28. The number of hydrogen-bond donors (Lipinski definition) is 5. The molecule has 0 aromatic rings. The molecule has 0 amide bonds. The summed E-state index contributed by atoms with van der Waals surface area (Å²) in [6, 6.07) is 0. The first kappa shape index (κ1) is 16.2. The fraction of sp³-hybridized carbons (Fsp3) is 1.00. The van der Waals surface area contributed by atoms with E-state index < -0.39 is 12.2 Å². The quantitative estimate of drug-likeness (QED) is 0.335. The highest BCUT2D eigenvalue weighted by Gasteiger charge is 2.00. The van der Waals surface area contributed by atoms with Crippen molar-refractivity contribution in [3.8, 4) is 0 Å². The van der Waals surface area contributed by atoms with E-state index in [4.69, 9.17) is 26.2 Å². The summed E-state index contributed by atoms with van der Waals surface area (Å²) in [6.07, 6.45) is -1.32. The third-order valence-electron chi connectivity index (χ3n) is 1.27. The van der Waals surface area contributed by atoms with Crippen molar-refractivity contribution >= 4 is 0 Å². The number of nitrogens with two attached hydrogens (primary N) is 1. The Morgan fingerprint density at radius 1 is 1.07 bits per heavy atom. The topological polar surface area (TPSA) is 110 Å². The summed E-state index contributed by atoms with van der Waals surface area (Å²) in [4.78, 5) is 1.82. The first-order valence-corrected chi connectivity index (χ1v) is 4.40. The Labute approximate surface area is 84.6 Å². The van der Waals surface area contributed by atoms with Gasteiger partial charge in [-0.15, -0.1) is 0 Å². The summed E-state index contributed by atoms with van der Waals surface area (Å²) in [6.45, 7) is 0.266. The second kappa shape index (κ2) is 10.8. The minimum Gasteiger partial charge on any atom is -0.394 e. The highest BCUT2D eigenvalue weighted by Crippen LogP contribution is 1.81. The van der Waals surface area contributed by atoms with Crippen molar-refractivity contribution in [3.05, 3.63) is 0 Å². The number of hydrogen-bond acceptors (Lipinski definition) is 6. The molecule has 0 aliphatic rings.